The molecule has 0 bridgehead atoms. The number of carbonyl (C=O) groups is 4. The van der Waals surface area contributed by atoms with Crippen molar-refractivity contribution >= 4 is 34.3 Å². The molecule has 0 radical (unpaired) electrons. The molecule has 1 aliphatic heterocycles. The van der Waals surface area contributed by atoms with Crippen molar-refractivity contribution in [3.63, 3.8) is 0 Å². The second-order valence-corrected chi connectivity index (χ2v) is 11.5. The van der Waals surface area contributed by atoms with Crippen LogP contribution in [-0.2, 0) is 26.3 Å². The highest BCUT2D eigenvalue weighted by molar-refractivity contribution is 6.35. The van der Waals surface area contributed by atoms with Crippen LogP contribution in [0.3, 0.4) is 0 Å². The van der Waals surface area contributed by atoms with Crippen molar-refractivity contribution in [2.45, 2.75) is 44.1 Å². The number of benzene rings is 3. The van der Waals surface area contributed by atoms with Gasteiger partial charge in [0.05, 0.1) is 6.54 Å². The SMILES string of the molecule is O=C(NCC#CC(=O)N1CC2CC2C1)C(=O)NCc1ccccc1C(=O)CCC1(c2cccc3ccccc23)CC1. The maximum atomic E-state index is 13.3. The lowest BCUT2D eigenvalue weighted by atomic mass is 9.85. The van der Waals surface area contributed by atoms with Crippen LogP contribution in [0.5, 0.6) is 0 Å². The molecule has 2 aliphatic carbocycles. The number of amides is 3. The Hall–Kier alpha value is -4.44. The van der Waals surface area contributed by atoms with E-state index >= 15 is 0 Å². The molecular formula is C34H33N3O4. The number of hydrogen-bond donors (Lipinski definition) is 2. The Balaban J connectivity index is 1.00. The molecule has 0 aromatic heterocycles. The summed E-state index contributed by atoms with van der Waals surface area (Å²) >= 11 is 0. The van der Waals surface area contributed by atoms with Crippen LogP contribution in [0.1, 0.15) is 53.6 Å². The first-order valence-corrected chi connectivity index (χ1v) is 14.4. The summed E-state index contributed by atoms with van der Waals surface area (Å²) in [5.74, 6) is 4.59. The molecule has 208 valence electrons. The van der Waals surface area contributed by atoms with Crippen molar-refractivity contribution < 1.29 is 19.2 Å². The number of nitrogens with zero attached hydrogens (tertiary/aromatic N) is 1. The molecule has 2 atom stereocenters. The minimum absolute atomic E-state index is 0.0279. The molecule has 3 aromatic rings. The quantitative estimate of drug-likeness (QED) is 0.255. The number of likely N-dealkylation sites (tertiary alicyclic amines) is 1. The summed E-state index contributed by atoms with van der Waals surface area (Å²) in [6.45, 7) is 1.50. The molecule has 1 saturated heterocycles. The van der Waals surface area contributed by atoms with Gasteiger partial charge < -0.3 is 15.5 Å². The lowest BCUT2D eigenvalue weighted by molar-refractivity contribution is -0.139. The summed E-state index contributed by atoms with van der Waals surface area (Å²) < 4.78 is 0. The Bertz CT molecular complexity index is 1580. The van der Waals surface area contributed by atoms with Crippen LogP contribution in [-0.4, -0.2) is 48.0 Å². The third-order valence-corrected chi connectivity index (χ3v) is 8.81. The molecule has 0 spiro atoms. The standard InChI is InChI=1S/C34H33N3O4/c38-30(14-15-34(16-17-34)29-12-5-9-23-7-1-3-10-27(23)29)28-11-4-2-8-24(28)20-36-33(41)32(40)35-18-6-13-31(39)37-21-25-19-26(25)22-37/h1-5,7-12,25-26H,14-22H2,(H,35,40)(H,36,41). The molecule has 2 saturated carbocycles. The Labute approximate surface area is 239 Å². The fraction of sp³-hybridized carbons (Fsp3) is 0.353. The average Bonchev–Trinajstić information content (AvgIpc) is 3.92. The predicted molar refractivity (Wildman–Crippen MR) is 156 cm³/mol. The van der Waals surface area contributed by atoms with E-state index in [2.05, 4.69) is 58.9 Å². The summed E-state index contributed by atoms with van der Waals surface area (Å²) in [5.41, 5.74) is 2.57. The van der Waals surface area contributed by atoms with E-state index in [9.17, 15) is 19.2 Å². The number of fused-ring (bicyclic) bond motifs is 2. The molecule has 7 nitrogen and oxygen atoms in total. The summed E-state index contributed by atoms with van der Waals surface area (Å²) in [5, 5.41) is 7.50. The largest absolute Gasteiger partial charge is 0.344 e. The summed E-state index contributed by atoms with van der Waals surface area (Å²) in [4.78, 5) is 51.8. The van der Waals surface area contributed by atoms with E-state index in [4.69, 9.17) is 0 Å². The van der Waals surface area contributed by atoms with Gasteiger partial charge in [-0.2, -0.15) is 0 Å². The van der Waals surface area contributed by atoms with Gasteiger partial charge in [0, 0.05) is 31.6 Å². The van der Waals surface area contributed by atoms with Gasteiger partial charge in [0.15, 0.2) is 5.78 Å². The van der Waals surface area contributed by atoms with E-state index in [0.717, 1.165) is 32.4 Å². The van der Waals surface area contributed by atoms with Crippen molar-refractivity contribution in [1.82, 2.24) is 15.5 Å². The Morgan fingerprint density at radius 2 is 1.56 bits per heavy atom. The highest BCUT2D eigenvalue weighted by Gasteiger charge is 2.46. The summed E-state index contributed by atoms with van der Waals surface area (Å²) in [6, 6.07) is 22.0. The zero-order valence-corrected chi connectivity index (χ0v) is 22.9. The Morgan fingerprint density at radius 1 is 0.854 bits per heavy atom. The van der Waals surface area contributed by atoms with E-state index in [0.29, 0.717) is 29.4 Å². The van der Waals surface area contributed by atoms with Crippen LogP contribution in [0.15, 0.2) is 66.7 Å². The maximum Gasteiger partial charge on any atom is 0.310 e. The van der Waals surface area contributed by atoms with Gasteiger partial charge in [-0.25, -0.2) is 0 Å². The minimum atomic E-state index is -0.830. The smallest absolute Gasteiger partial charge is 0.310 e. The van der Waals surface area contributed by atoms with Gasteiger partial charge in [-0.3, -0.25) is 19.2 Å². The molecule has 7 heteroatoms. The van der Waals surface area contributed by atoms with Gasteiger partial charge >= 0.3 is 11.8 Å². The Morgan fingerprint density at radius 3 is 2.37 bits per heavy atom. The molecule has 3 fully saturated rings. The summed E-state index contributed by atoms with van der Waals surface area (Å²) in [7, 11) is 0. The predicted octanol–water partition coefficient (Wildman–Crippen LogP) is 3.75. The molecular weight excluding hydrogens is 514 g/mol. The molecule has 41 heavy (non-hydrogen) atoms. The highest BCUT2D eigenvalue weighted by atomic mass is 16.2. The molecule has 2 unspecified atom stereocenters. The van der Waals surface area contributed by atoms with E-state index in [1.807, 2.05) is 18.2 Å². The number of ketones is 1. The normalized spacial score (nSPS) is 19.5. The first kappa shape index (κ1) is 26.8. The topological polar surface area (TPSA) is 95.6 Å². The maximum absolute atomic E-state index is 13.3. The first-order chi connectivity index (χ1) is 19.9. The second-order valence-electron chi connectivity index (χ2n) is 11.5. The number of carbonyl (C=O) groups excluding carboxylic acids is 4. The third kappa shape index (κ3) is 5.88. The molecule has 6 rings (SSSR count). The number of hydrogen-bond acceptors (Lipinski definition) is 4. The van der Waals surface area contributed by atoms with Gasteiger partial charge in [-0.15, -0.1) is 0 Å². The van der Waals surface area contributed by atoms with Crippen LogP contribution in [0.4, 0.5) is 0 Å². The van der Waals surface area contributed by atoms with Gasteiger partial charge in [-0.05, 0) is 70.8 Å². The van der Waals surface area contributed by atoms with Gasteiger partial charge in [-0.1, -0.05) is 72.7 Å². The monoisotopic (exact) mass is 547 g/mol. The van der Waals surface area contributed by atoms with Gasteiger partial charge in [0.2, 0.25) is 0 Å². The molecule has 3 amide bonds. The van der Waals surface area contributed by atoms with Gasteiger partial charge in [0.25, 0.3) is 5.91 Å². The van der Waals surface area contributed by atoms with E-state index in [1.54, 1.807) is 17.0 Å². The lowest BCUT2D eigenvalue weighted by Gasteiger charge is -2.18. The van der Waals surface area contributed by atoms with Crippen molar-refractivity contribution in [3.8, 4) is 11.8 Å². The lowest BCUT2D eigenvalue weighted by Crippen LogP contribution is -2.40. The van der Waals surface area contributed by atoms with E-state index in [-0.39, 0.29) is 30.2 Å². The second kappa shape index (κ2) is 11.2. The fourth-order valence-corrected chi connectivity index (χ4v) is 6.15. The zero-order chi connectivity index (χ0) is 28.4. The molecule has 3 aromatic carbocycles. The van der Waals surface area contributed by atoms with Crippen LogP contribution >= 0.6 is 0 Å². The molecule has 1 heterocycles. The number of rotatable bonds is 8. The van der Waals surface area contributed by atoms with Crippen LogP contribution in [0, 0.1) is 23.7 Å². The minimum Gasteiger partial charge on any atom is -0.344 e. The van der Waals surface area contributed by atoms with Crippen LogP contribution in [0.2, 0.25) is 0 Å². The van der Waals surface area contributed by atoms with Crippen molar-refractivity contribution in [1.29, 1.82) is 0 Å². The van der Waals surface area contributed by atoms with Crippen molar-refractivity contribution in [2.75, 3.05) is 19.6 Å². The fourth-order valence-electron chi connectivity index (χ4n) is 6.15. The summed E-state index contributed by atoms with van der Waals surface area (Å²) in [6.07, 6.45) is 4.52. The van der Waals surface area contributed by atoms with Crippen molar-refractivity contribution in [2.24, 2.45) is 11.8 Å². The number of Topliss-reactive ketones (excluding diaryl/α,β-unsaturated/α-hetero) is 1. The average molecular weight is 548 g/mol. The van der Waals surface area contributed by atoms with E-state index in [1.165, 1.54) is 22.8 Å². The van der Waals surface area contributed by atoms with Crippen molar-refractivity contribution in [3.05, 3.63) is 83.4 Å². The van der Waals surface area contributed by atoms with Gasteiger partial charge in [0.1, 0.15) is 0 Å². The third-order valence-electron chi connectivity index (χ3n) is 8.81. The van der Waals surface area contributed by atoms with Crippen LogP contribution < -0.4 is 10.6 Å². The number of piperidine rings is 1. The van der Waals surface area contributed by atoms with Crippen LogP contribution in [0.25, 0.3) is 10.8 Å². The molecule has 2 N–H and O–H groups in total. The number of nitrogens with one attached hydrogen (secondary N) is 2. The Kier molecular flexibility index (Phi) is 7.32. The molecule has 3 aliphatic rings. The first-order valence-electron chi connectivity index (χ1n) is 14.4. The van der Waals surface area contributed by atoms with E-state index < -0.39 is 11.8 Å². The zero-order valence-electron chi connectivity index (χ0n) is 22.9. The highest BCUT2D eigenvalue weighted by Crippen LogP contribution is 2.53.